The lowest BCUT2D eigenvalue weighted by atomic mass is 9.92. The SMILES string of the molecule is C[C@H]1CC[C@H](c2ccc3sc(C4(F)CCN(C)CC4)nc3c2)NC1. The van der Waals surface area contributed by atoms with E-state index in [9.17, 15) is 0 Å². The quantitative estimate of drug-likeness (QED) is 0.880. The van der Waals surface area contributed by atoms with Crippen molar-refractivity contribution in [2.75, 3.05) is 26.7 Å². The number of likely N-dealkylation sites (tertiary alicyclic amines) is 1. The number of halogens is 1. The van der Waals surface area contributed by atoms with E-state index in [0.717, 1.165) is 35.8 Å². The maximum atomic E-state index is 15.3. The third kappa shape index (κ3) is 3.09. The van der Waals surface area contributed by atoms with Crippen LogP contribution in [0.15, 0.2) is 18.2 Å². The summed E-state index contributed by atoms with van der Waals surface area (Å²) in [5, 5.41) is 4.30. The van der Waals surface area contributed by atoms with Gasteiger partial charge in [-0.1, -0.05) is 13.0 Å². The highest BCUT2D eigenvalue weighted by atomic mass is 32.1. The van der Waals surface area contributed by atoms with Crippen molar-refractivity contribution < 1.29 is 4.39 Å². The number of nitrogens with zero attached hydrogens (tertiary/aromatic N) is 2. The summed E-state index contributed by atoms with van der Waals surface area (Å²) in [6, 6.07) is 6.90. The average molecular weight is 348 g/mol. The molecule has 2 saturated heterocycles. The molecule has 0 bridgehead atoms. The lowest BCUT2D eigenvalue weighted by Crippen LogP contribution is -2.37. The Morgan fingerprint density at radius 1 is 1.29 bits per heavy atom. The van der Waals surface area contributed by atoms with Gasteiger partial charge in [-0.15, -0.1) is 11.3 Å². The smallest absolute Gasteiger partial charge is 0.164 e. The van der Waals surface area contributed by atoms with Crippen molar-refractivity contribution in [3.63, 3.8) is 0 Å². The number of hydrogen-bond donors (Lipinski definition) is 1. The second kappa shape index (κ2) is 6.36. The molecule has 0 amide bonds. The van der Waals surface area contributed by atoms with Gasteiger partial charge in [0.2, 0.25) is 0 Å². The van der Waals surface area contributed by atoms with E-state index in [1.807, 2.05) is 0 Å². The van der Waals surface area contributed by atoms with Crippen molar-refractivity contribution >= 4 is 21.6 Å². The lowest BCUT2D eigenvalue weighted by molar-refractivity contribution is 0.0673. The second-order valence-electron chi connectivity index (χ2n) is 7.66. The van der Waals surface area contributed by atoms with Crippen LogP contribution in [-0.2, 0) is 5.67 Å². The first-order valence-electron chi connectivity index (χ1n) is 9.05. The fraction of sp³-hybridized carbons (Fsp3) is 0.632. The molecule has 0 aliphatic carbocycles. The Morgan fingerprint density at radius 2 is 2.08 bits per heavy atom. The summed E-state index contributed by atoms with van der Waals surface area (Å²) in [6.45, 7) is 4.98. The zero-order valence-electron chi connectivity index (χ0n) is 14.5. The molecule has 2 aromatic rings. The summed E-state index contributed by atoms with van der Waals surface area (Å²) >= 11 is 1.53. The predicted octanol–water partition coefficient (Wildman–Crippen LogP) is 4.25. The summed E-state index contributed by atoms with van der Waals surface area (Å²) in [5.41, 5.74) is 1.01. The molecule has 5 heteroatoms. The second-order valence-corrected chi connectivity index (χ2v) is 8.69. The summed E-state index contributed by atoms with van der Waals surface area (Å²) in [7, 11) is 2.06. The first kappa shape index (κ1) is 16.4. The Labute approximate surface area is 147 Å². The molecule has 0 spiro atoms. The Morgan fingerprint density at radius 3 is 2.79 bits per heavy atom. The molecule has 3 heterocycles. The molecule has 1 aromatic heterocycles. The van der Waals surface area contributed by atoms with Crippen molar-refractivity contribution in [2.24, 2.45) is 5.92 Å². The number of piperidine rings is 2. The van der Waals surface area contributed by atoms with E-state index in [2.05, 4.69) is 42.4 Å². The minimum absolute atomic E-state index is 0.415. The van der Waals surface area contributed by atoms with Crippen molar-refractivity contribution in [1.29, 1.82) is 0 Å². The molecule has 2 fully saturated rings. The maximum Gasteiger partial charge on any atom is 0.164 e. The van der Waals surface area contributed by atoms with Gasteiger partial charge in [-0.2, -0.15) is 0 Å². The van der Waals surface area contributed by atoms with Crippen molar-refractivity contribution in [1.82, 2.24) is 15.2 Å². The Bertz CT molecular complexity index is 712. The van der Waals surface area contributed by atoms with Crippen molar-refractivity contribution in [2.45, 2.75) is 44.3 Å². The van der Waals surface area contributed by atoms with E-state index >= 15 is 4.39 Å². The van der Waals surface area contributed by atoms with Crippen LogP contribution in [-0.4, -0.2) is 36.6 Å². The molecule has 0 radical (unpaired) electrons. The molecular formula is C19H26FN3S. The van der Waals surface area contributed by atoms with Crippen molar-refractivity contribution in [3.8, 4) is 0 Å². The number of nitrogens with one attached hydrogen (secondary N) is 1. The van der Waals surface area contributed by atoms with E-state index in [1.165, 1.54) is 29.7 Å². The lowest BCUT2D eigenvalue weighted by Gasteiger charge is -2.32. The van der Waals surface area contributed by atoms with E-state index in [-0.39, 0.29) is 0 Å². The van der Waals surface area contributed by atoms with Crippen LogP contribution in [0, 0.1) is 5.92 Å². The van der Waals surface area contributed by atoms with Gasteiger partial charge >= 0.3 is 0 Å². The van der Waals surface area contributed by atoms with Crippen LogP contribution in [0.2, 0.25) is 0 Å². The molecule has 24 heavy (non-hydrogen) atoms. The number of benzene rings is 1. The van der Waals surface area contributed by atoms with Gasteiger partial charge in [0.25, 0.3) is 0 Å². The molecular weight excluding hydrogens is 321 g/mol. The molecule has 3 nitrogen and oxygen atoms in total. The first-order chi connectivity index (χ1) is 11.5. The van der Waals surface area contributed by atoms with Gasteiger partial charge in [-0.05, 0) is 50.0 Å². The summed E-state index contributed by atoms with van der Waals surface area (Å²) < 4.78 is 16.4. The number of thiazole rings is 1. The average Bonchev–Trinajstić information content (AvgIpc) is 3.02. The van der Waals surface area contributed by atoms with Crippen LogP contribution in [0.4, 0.5) is 4.39 Å². The first-order valence-corrected chi connectivity index (χ1v) is 9.87. The fourth-order valence-corrected chi connectivity index (χ4v) is 4.91. The predicted molar refractivity (Wildman–Crippen MR) is 98.3 cm³/mol. The Hall–Kier alpha value is -1.04. The summed E-state index contributed by atoms with van der Waals surface area (Å²) in [5.74, 6) is 0.756. The van der Waals surface area contributed by atoms with Crippen LogP contribution in [0.5, 0.6) is 0 Å². The molecule has 130 valence electrons. The number of fused-ring (bicyclic) bond motifs is 1. The highest BCUT2D eigenvalue weighted by molar-refractivity contribution is 7.18. The summed E-state index contributed by atoms with van der Waals surface area (Å²) in [6.07, 6.45) is 3.54. The summed E-state index contributed by atoms with van der Waals surface area (Å²) in [4.78, 5) is 6.89. The minimum Gasteiger partial charge on any atom is -0.310 e. The van der Waals surface area contributed by atoms with E-state index in [1.54, 1.807) is 0 Å². The third-order valence-corrected chi connectivity index (χ3v) is 6.85. The van der Waals surface area contributed by atoms with Gasteiger partial charge in [0.15, 0.2) is 5.67 Å². The van der Waals surface area contributed by atoms with Gasteiger partial charge in [0.1, 0.15) is 5.01 Å². The zero-order chi connectivity index (χ0) is 16.7. The minimum atomic E-state index is -1.24. The zero-order valence-corrected chi connectivity index (χ0v) is 15.3. The van der Waals surface area contributed by atoms with Gasteiger partial charge in [-0.25, -0.2) is 9.37 Å². The molecule has 2 atom stereocenters. The molecule has 2 aliphatic rings. The van der Waals surface area contributed by atoms with Crippen LogP contribution < -0.4 is 5.32 Å². The molecule has 1 aromatic carbocycles. The van der Waals surface area contributed by atoms with Crippen LogP contribution in [0.25, 0.3) is 10.2 Å². The number of aromatic nitrogens is 1. The maximum absolute atomic E-state index is 15.3. The molecule has 0 saturated carbocycles. The van der Waals surface area contributed by atoms with E-state index in [4.69, 9.17) is 4.98 Å². The monoisotopic (exact) mass is 347 g/mol. The third-order valence-electron chi connectivity index (χ3n) is 5.64. The van der Waals surface area contributed by atoms with Crippen LogP contribution in [0.1, 0.15) is 49.2 Å². The van der Waals surface area contributed by atoms with Gasteiger partial charge in [0.05, 0.1) is 10.2 Å². The molecule has 0 unspecified atom stereocenters. The van der Waals surface area contributed by atoms with Gasteiger partial charge in [-0.3, -0.25) is 0 Å². The van der Waals surface area contributed by atoms with Gasteiger partial charge < -0.3 is 10.2 Å². The standard InChI is InChI=1S/C19H26FN3S/c1-13-3-5-15(21-12-13)14-4-6-17-16(11-14)22-18(24-17)19(20)7-9-23(2)10-8-19/h4,6,11,13,15,21H,3,5,7-10,12H2,1-2H3/t13-,15+/m0/s1. The van der Waals surface area contributed by atoms with Crippen LogP contribution in [0.3, 0.4) is 0 Å². The largest absolute Gasteiger partial charge is 0.310 e. The van der Waals surface area contributed by atoms with Crippen molar-refractivity contribution in [3.05, 3.63) is 28.8 Å². The van der Waals surface area contributed by atoms with E-state index < -0.39 is 5.67 Å². The van der Waals surface area contributed by atoms with Gasteiger partial charge in [0, 0.05) is 32.0 Å². The highest BCUT2D eigenvalue weighted by Gasteiger charge is 2.38. The number of rotatable bonds is 2. The topological polar surface area (TPSA) is 28.2 Å². The Kier molecular flexibility index (Phi) is 4.35. The number of alkyl halides is 1. The molecule has 2 aliphatic heterocycles. The molecule has 1 N–H and O–H groups in total. The highest BCUT2D eigenvalue weighted by Crippen LogP contribution is 2.41. The molecule has 4 rings (SSSR count). The fourth-order valence-electron chi connectivity index (χ4n) is 3.82. The number of hydrogen-bond acceptors (Lipinski definition) is 4. The Balaban J connectivity index is 1.59. The van der Waals surface area contributed by atoms with E-state index in [0.29, 0.717) is 23.9 Å². The normalized spacial score (nSPS) is 28.3. The van der Waals surface area contributed by atoms with Crippen LogP contribution >= 0.6 is 11.3 Å².